The maximum Gasteiger partial charge on any atom is 0.158 e. The summed E-state index contributed by atoms with van der Waals surface area (Å²) in [5.41, 5.74) is 0.864. The summed E-state index contributed by atoms with van der Waals surface area (Å²) >= 11 is 0. The largest absolute Gasteiger partial charge is 0.303 e. The van der Waals surface area contributed by atoms with Crippen LogP contribution in [0.3, 0.4) is 0 Å². The molecule has 0 radical (unpaired) electrons. The minimum absolute atomic E-state index is 0.234. The van der Waals surface area contributed by atoms with E-state index in [0.29, 0.717) is 12.8 Å². The Morgan fingerprint density at radius 3 is 2.64 bits per heavy atom. The highest BCUT2D eigenvalue weighted by molar-refractivity contribution is 5.96. The molecule has 1 saturated carbocycles. The van der Waals surface area contributed by atoms with Gasteiger partial charge >= 0.3 is 0 Å². The van der Waals surface area contributed by atoms with Crippen molar-refractivity contribution in [2.75, 3.05) is 0 Å². The molecule has 0 spiro atoms. The summed E-state index contributed by atoms with van der Waals surface area (Å²) in [5.74, 6) is 0.234. The fourth-order valence-corrected chi connectivity index (χ4v) is 1.31. The second kappa shape index (κ2) is 4.06. The van der Waals surface area contributed by atoms with Crippen LogP contribution >= 0.6 is 0 Å². The Morgan fingerprint density at radius 1 is 1.27 bits per heavy atom. The van der Waals surface area contributed by atoms with E-state index in [1.165, 1.54) is 0 Å². The molecular weight excluding hydrogens is 140 g/mol. The van der Waals surface area contributed by atoms with Crippen molar-refractivity contribution in [1.82, 2.24) is 0 Å². The zero-order valence-corrected chi connectivity index (χ0v) is 6.51. The maximum absolute atomic E-state index is 11.1. The molecule has 0 aromatic heterocycles. The molecule has 1 aliphatic carbocycles. The number of hydrogen-bond donors (Lipinski definition) is 0. The zero-order chi connectivity index (χ0) is 8.10. The van der Waals surface area contributed by atoms with Crippen LogP contribution in [0.15, 0.2) is 11.6 Å². The van der Waals surface area contributed by atoms with Crippen LogP contribution in [0, 0.1) is 0 Å². The number of carbonyl (C=O) groups excluding carboxylic acids is 2. The van der Waals surface area contributed by atoms with Gasteiger partial charge in [0.2, 0.25) is 0 Å². The fourth-order valence-electron chi connectivity index (χ4n) is 1.31. The molecule has 0 aromatic carbocycles. The lowest BCUT2D eigenvalue weighted by Crippen LogP contribution is -2.08. The van der Waals surface area contributed by atoms with E-state index in [2.05, 4.69) is 0 Å². The first kappa shape index (κ1) is 8.18. The third-order valence-corrected chi connectivity index (χ3v) is 1.92. The van der Waals surface area contributed by atoms with Gasteiger partial charge in [-0.3, -0.25) is 4.79 Å². The van der Waals surface area contributed by atoms with Gasteiger partial charge in [-0.05, 0) is 24.8 Å². The van der Waals surface area contributed by atoms with E-state index in [1.54, 1.807) is 6.08 Å². The molecular formula is C9H12O2. The highest BCUT2D eigenvalue weighted by Crippen LogP contribution is 2.19. The van der Waals surface area contributed by atoms with E-state index < -0.39 is 0 Å². The van der Waals surface area contributed by atoms with Crippen molar-refractivity contribution in [3.8, 4) is 0 Å². The first-order chi connectivity index (χ1) is 5.34. The highest BCUT2D eigenvalue weighted by Gasteiger charge is 2.13. The van der Waals surface area contributed by atoms with Crippen LogP contribution in [0.5, 0.6) is 0 Å². The first-order valence-electron chi connectivity index (χ1n) is 4.00. The van der Waals surface area contributed by atoms with Crippen molar-refractivity contribution in [2.45, 2.75) is 32.1 Å². The van der Waals surface area contributed by atoms with Gasteiger partial charge in [-0.2, -0.15) is 0 Å². The lowest BCUT2D eigenvalue weighted by molar-refractivity contribution is -0.116. The van der Waals surface area contributed by atoms with Gasteiger partial charge in [0, 0.05) is 12.8 Å². The SMILES string of the molecule is O=CC/C=C1/CCCCC1=O. The van der Waals surface area contributed by atoms with Crippen LogP contribution in [-0.4, -0.2) is 12.1 Å². The van der Waals surface area contributed by atoms with Crippen molar-refractivity contribution < 1.29 is 9.59 Å². The fraction of sp³-hybridized carbons (Fsp3) is 0.556. The maximum atomic E-state index is 11.1. The van der Waals surface area contributed by atoms with E-state index in [4.69, 9.17) is 0 Å². The minimum Gasteiger partial charge on any atom is -0.303 e. The van der Waals surface area contributed by atoms with Crippen LogP contribution < -0.4 is 0 Å². The third kappa shape index (κ3) is 2.30. The van der Waals surface area contributed by atoms with Gasteiger partial charge in [0.15, 0.2) is 5.78 Å². The molecule has 0 heterocycles. The second-order valence-corrected chi connectivity index (χ2v) is 2.76. The Labute approximate surface area is 66.3 Å². The Balaban J connectivity index is 2.53. The van der Waals surface area contributed by atoms with Crippen molar-refractivity contribution >= 4 is 12.1 Å². The summed E-state index contributed by atoms with van der Waals surface area (Å²) < 4.78 is 0. The number of allylic oxidation sites excluding steroid dienone is 2. The average molecular weight is 152 g/mol. The van der Waals surface area contributed by atoms with E-state index in [0.717, 1.165) is 31.1 Å². The summed E-state index contributed by atoms with van der Waals surface area (Å²) in [7, 11) is 0. The first-order valence-corrected chi connectivity index (χ1v) is 4.00. The molecule has 2 nitrogen and oxygen atoms in total. The molecule has 2 heteroatoms. The molecule has 0 bridgehead atoms. The highest BCUT2D eigenvalue weighted by atomic mass is 16.1. The van der Waals surface area contributed by atoms with E-state index in [-0.39, 0.29) is 5.78 Å². The normalized spacial score (nSPS) is 22.2. The number of rotatable bonds is 2. The number of hydrogen-bond acceptors (Lipinski definition) is 2. The van der Waals surface area contributed by atoms with Gasteiger partial charge in [-0.25, -0.2) is 0 Å². The topological polar surface area (TPSA) is 34.1 Å². The molecule has 0 N–H and O–H groups in total. The minimum atomic E-state index is 0.234. The molecule has 1 fully saturated rings. The molecule has 0 amide bonds. The summed E-state index contributed by atoms with van der Waals surface area (Å²) in [5, 5.41) is 0. The predicted octanol–water partition coefficient (Wildman–Crippen LogP) is 1.64. The lowest BCUT2D eigenvalue weighted by Gasteiger charge is -2.11. The summed E-state index contributed by atoms with van der Waals surface area (Å²) in [6.07, 6.45) is 6.62. The summed E-state index contributed by atoms with van der Waals surface area (Å²) in [4.78, 5) is 21.1. The average Bonchev–Trinajstić information content (AvgIpc) is 2.03. The van der Waals surface area contributed by atoms with Crippen LogP contribution in [0.25, 0.3) is 0 Å². The van der Waals surface area contributed by atoms with Gasteiger partial charge < -0.3 is 4.79 Å². The van der Waals surface area contributed by atoms with Crippen molar-refractivity contribution in [2.24, 2.45) is 0 Å². The van der Waals surface area contributed by atoms with Gasteiger partial charge in [-0.1, -0.05) is 6.08 Å². The predicted molar refractivity (Wildman–Crippen MR) is 42.2 cm³/mol. The zero-order valence-electron chi connectivity index (χ0n) is 6.51. The molecule has 0 aromatic rings. The Bertz CT molecular complexity index is 192. The van der Waals surface area contributed by atoms with E-state index >= 15 is 0 Å². The van der Waals surface area contributed by atoms with Gasteiger partial charge in [0.05, 0.1) is 0 Å². The Hall–Kier alpha value is -0.920. The van der Waals surface area contributed by atoms with Crippen LogP contribution in [0.2, 0.25) is 0 Å². The van der Waals surface area contributed by atoms with Crippen LogP contribution in [-0.2, 0) is 9.59 Å². The summed E-state index contributed by atoms with van der Waals surface area (Å²) in [6, 6.07) is 0. The van der Waals surface area contributed by atoms with Crippen molar-refractivity contribution in [3.05, 3.63) is 11.6 Å². The smallest absolute Gasteiger partial charge is 0.158 e. The lowest BCUT2D eigenvalue weighted by atomic mass is 9.93. The van der Waals surface area contributed by atoms with E-state index in [1.807, 2.05) is 0 Å². The number of carbonyl (C=O) groups is 2. The summed E-state index contributed by atoms with van der Waals surface area (Å²) in [6.45, 7) is 0. The molecule has 0 aliphatic heterocycles. The molecule has 1 rings (SSSR count). The number of aldehydes is 1. The quantitative estimate of drug-likeness (QED) is 0.445. The molecule has 60 valence electrons. The van der Waals surface area contributed by atoms with Gasteiger partial charge in [-0.15, -0.1) is 0 Å². The number of ketones is 1. The molecule has 0 atom stereocenters. The monoisotopic (exact) mass is 152 g/mol. The van der Waals surface area contributed by atoms with Crippen LogP contribution in [0.1, 0.15) is 32.1 Å². The molecule has 11 heavy (non-hydrogen) atoms. The van der Waals surface area contributed by atoms with Crippen LogP contribution in [0.4, 0.5) is 0 Å². The third-order valence-electron chi connectivity index (χ3n) is 1.92. The van der Waals surface area contributed by atoms with Crippen molar-refractivity contribution in [1.29, 1.82) is 0 Å². The molecule has 0 saturated heterocycles. The molecule has 0 unspecified atom stereocenters. The Morgan fingerprint density at radius 2 is 2.00 bits per heavy atom. The van der Waals surface area contributed by atoms with E-state index in [9.17, 15) is 9.59 Å². The second-order valence-electron chi connectivity index (χ2n) is 2.76. The number of Topliss-reactive ketones (excluding diaryl/α,β-unsaturated/α-hetero) is 1. The van der Waals surface area contributed by atoms with Gasteiger partial charge in [0.25, 0.3) is 0 Å². The Kier molecular flexibility index (Phi) is 3.02. The standard InChI is InChI=1S/C9H12O2/c10-7-3-5-8-4-1-2-6-9(8)11/h5,7H,1-4,6H2/b8-5-. The van der Waals surface area contributed by atoms with Crippen molar-refractivity contribution in [3.63, 3.8) is 0 Å². The molecule has 1 aliphatic rings. The van der Waals surface area contributed by atoms with Gasteiger partial charge in [0.1, 0.15) is 6.29 Å².